The maximum atomic E-state index is 13.2. The molecule has 16 heavy (non-hydrogen) atoms. The molecule has 0 bridgehead atoms. The van der Waals surface area contributed by atoms with Gasteiger partial charge in [-0.15, -0.1) is 0 Å². The normalized spacial score (nSPS) is 12.4. The minimum Gasteiger partial charge on any atom is -0.430 e. The van der Waals surface area contributed by atoms with Crippen LogP contribution in [-0.2, 0) is 0 Å². The number of hydrogen-bond acceptors (Lipinski definition) is 3. The molecule has 0 aliphatic heterocycles. The lowest BCUT2D eigenvalue weighted by Crippen LogP contribution is -2.43. The van der Waals surface area contributed by atoms with Gasteiger partial charge in [-0.2, -0.15) is 8.78 Å². The van der Waals surface area contributed by atoms with Crippen LogP contribution in [0.25, 0.3) is 0 Å². The lowest BCUT2D eigenvalue weighted by atomic mass is 10.1. The van der Waals surface area contributed by atoms with Crippen LogP contribution in [0.3, 0.4) is 0 Å². The second kappa shape index (κ2) is 4.21. The van der Waals surface area contributed by atoms with Gasteiger partial charge in [-0.3, -0.25) is 5.84 Å². The molecule has 3 nitrogen and oxygen atoms in total. The van der Waals surface area contributed by atoms with Crippen molar-refractivity contribution in [3.8, 4) is 5.75 Å². The molecule has 90 valence electrons. The summed E-state index contributed by atoms with van der Waals surface area (Å²) < 4.78 is 43.7. The highest BCUT2D eigenvalue weighted by atomic mass is 19.3. The largest absolute Gasteiger partial charge is 0.432 e. The van der Waals surface area contributed by atoms with Gasteiger partial charge in [0.2, 0.25) is 5.67 Å². The second-order valence-corrected chi connectivity index (χ2v) is 3.76. The number of halogens is 3. The van der Waals surface area contributed by atoms with E-state index in [2.05, 4.69) is 10.2 Å². The molecule has 0 radical (unpaired) electrons. The van der Waals surface area contributed by atoms with Gasteiger partial charge in [0.25, 0.3) is 0 Å². The zero-order valence-corrected chi connectivity index (χ0v) is 8.93. The second-order valence-electron chi connectivity index (χ2n) is 3.76. The van der Waals surface area contributed by atoms with Crippen molar-refractivity contribution < 1.29 is 17.9 Å². The number of nitrogens with two attached hydrogens (primary N) is 1. The van der Waals surface area contributed by atoms with Crippen molar-refractivity contribution in [2.24, 2.45) is 5.84 Å². The van der Waals surface area contributed by atoms with Gasteiger partial charge in [0.05, 0.1) is 0 Å². The highest BCUT2D eigenvalue weighted by Gasteiger charge is 2.50. The number of nitrogens with one attached hydrogen (secondary N) is 1. The van der Waals surface area contributed by atoms with E-state index in [9.17, 15) is 13.2 Å². The Kier molecular flexibility index (Phi) is 3.32. The Morgan fingerprint density at radius 3 is 2.00 bits per heavy atom. The van der Waals surface area contributed by atoms with Crippen LogP contribution in [0.5, 0.6) is 5.75 Å². The summed E-state index contributed by atoms with van der Waals surface area (Å²) in [6.45, 7) is 1.51. The zero-order valence-electron chi connectivity index (χ0n) is 8.93. The molecule has 0 heterocycles. The zero-order chi connectivity index (χ0) is 12.4. The fraction of sp³-hybridized carbons (Fsp3) is 0.400. The van der Waals surface area contributed by atoms with Crippen LogP contribution in [0.1, 0.15) is 13.8 Å². The summed E-state index contributed by atoms with van der Waals surface area (Å²) in [5.74, 6) is 4.97. The summed E-state index contributed by atoms with van der Waals surface area (Å²) in [5.41, 5.74) is 0.115. The molecular weight excluding hydrogens is 221 g/mol. The van der Waals surface area contributed by atoms with E-state index in [1.54, 1.807) is 0 Å². The van der Waals surface area contributed by atoms with E-state index in [1.807, 2.05) is 0 Å². The number of hydrazine groups is 1. The van der Waals surface area contributed by atoms with E-state index < -0.39 is 11.8 Å². The minimum atomic E-state index is -3.88. The van der Waals surface area contributed by atoms with Crippen LogP contribution in [0.15, 0.2) is 24.3 Å². The number of benzene rings is 1. The predicted molar refractivity (Wildman–Crippen MR) is 55.0 cm³/mol. The van der Waals surface area contributed by atoms with Gasteiger partial charge in [-0.1, -0.05) is 0 Å². The quantitative estimate of drug-likeness (QED) is 0.622. The monoisotopic (exact) mass is 234 g/mol. The Hall–Kier alpha value is -1.43. The molecule has 0 spiro atoms. The highest BCUT2D eigenvalue weighted by Crippen LogP contribution is 2.34. The molecule has 0 amide bonds. The Balaban J connectivity index is 2.80. The van der Waals surface area contributed by atoms with Gasteiger partial charge in [-0.05, 0) is 38.1 Å². The van der Waals surface area contributed by atoms with Gasteiger partial charge in [0.1, 0.15) is 5.75 Å². The van der Waals surface area contributed by atoms with Crippen LogP contribution in [0.2, 0.25) is 0 Å². The fourth-order valence-corrected chi connectivity index (χ4v) is 0.889. The summed E-state index contributed by atoms with van der Waals surface area (Å²) >= 11 is 0. The number of anilines is 1. The van der Waals surface area contributed by atoms with Crippen molar-refractivity contribution in [3.63, 3.8) is 0 Å². The van der Waals surface area contributed by atoms with Gasteiger partial charge in [0.15, 0.2) is 0 Å². The maximum Gasteiger partial charge on any atom is 0.432 e. The molecule has 1 rings (SSSR count). The molecule has 0 atom stereocenters. The summed E-state index contributed by atoms with van der Waals surface area (Å²) in [5, 5.41) is 0. The van der Waals surface area contributed by atoms with Crippen molar-refractivity contribution in [3.05, 3.63) is 24.3 Å². The molecule has 0 aromatic heterocycles. The number of nitrogen functional groups attached to an aromatic ring is 1. The Morgan fingerprint density at radius 1 is 1.12 bits per heavy atom. The first-order valence-electron chi connectivity index (χ1n) is 4.59. The van der Waals surface area contributed by atoms with Crippen molar-refractivity contribution in [1.29, 1.82) is 0 Å². The fourth-order valence-electron chi connectivity index (χ4n) is 0.889. The van der Waals surface area contributed by atoms with E-state index >= 15 is 0 Å². The van der Waals surface area contributed by atoms with E-state index in [-0.39, 0.29) is 5.75 Å². The molecule has 0 saturated carbocycles. The van der Waals surface area contributed by atoms with Crippen LogP contribution >= 0.6 is 0 Å². The number of hydrogen-bond donors (Lipinski definition) is 2. The average molecular weight is 234 g/mol. The molecule has 0 unspecified atom stereocenters. The summed E-state index contributed by atoms with van der Waals surface area (Å²) in [7, 11) is 0. The number of alkyl halides is 3. The summed E-state index contributed by atoms with van der Waals surface area (Å²) in [6, 6.07) is 5.43. The van der Waals surface area contributed by atoms with E-state index in [0.717, 1.165) is 13.8 Å². The van der Waals surface area contributed by atoms with Crippen LogP contribution in [0.4, 0.5) is 18.9 Å². The third-order valence-electron chi connectivity index (χ3n) is 1.96. The molecule has 6 heteroatoms. The molecule has 1 aromatic carbocycles. The van der Waals surface area contributed by atoms with Gasteiger partial charge < -0.3 is 10.2 Å². The topological polar surface area (TPSA) is 47.3 Å². The molecular formula is C10H13F3N2O. The first kappa shape index (κ1) is 12.6. The van der Waals surface area contributed by atoms with E-state index in [1.165, 1.54) is 24.3 Å². The first-order valence-corrected chi connectivity index (χ1v) is 4.59. The Bertz CT molecular complexity index is 346. The van der Waals surface area contributed by atoms with Crippen LogP contribution < -0.4 is 16.0 Å². The van der Waals surface area contributed by atoms with Crippen LogP contribution in [0, 0.1) is 0 Å². The Labute approximate surface area is 91.4 Å². The molecule has 3 N–H and O–H groups in total. The van der Waals surface area contributed by atoms with Gasteiger partial charge in [-0.25, -0.2) is 4.39 Å². The van der Waals surface area contributed by atoms with Crippen molar-refractivity contribution in [1.82, 2.24) is 0 Å². The number of rotatable bonds is 4. The third-order valence-corrected chi connectivity index (χ3v) is 1.96. The first-order chi connectivity index (χ1) is 7.26. The van der Waals surface area contributed by atoms with E-state index in [4.69, 9.17) is 5.84 Å². The lowest BCUT2D eigenvalue weighted by Gasteiger charge is -2.26. The summed E-state index contributed by atoms with van der Waals surface area (Å²) in [6.07, 6.45) is -3.88. The smallest absolute Gasteiger partial charge is 0.430 e. The van der Waals surface area contributed by atoms with Crippen molar-refractivity contribution >= 4 is 5.69 Å². The van der Waals surface area contributed by atoms with Gasteiger partial charge in [0, 0.05) is 5.69 Å². The molecule has 0 aliphatic carbocycles. The molecule has 0 saturated heterocycles. The SMILES string of the molecule is CC(C)(F)C(F)(F)Oc1ccc(NN)cc1. The maximum absolute atomic E-state index is 13.2. The predicted octanol–water partition coefficient (Wildman–Crippen LogP) is 2.69. The molecule has 0 fully saturated rings. The summed E-state index contributed by atoms with van der Waals surface area (Å²) in [4.78, 5) is 0. The third kappa shape index (κ3) is 2.79. The minimum absolute atomic E-state index is 0.130. The molecule has 1 aromatic rings. The standard InChI is InChI=1S/C10H13F3N2O/c1-9(2,11)10(12,13)16-8-5-3-7(15-14)4-6-8/h3-6,15H,14H2,1-2H3. The average Bonchev–Trinajstić information content (AvgIpc) is 2.16. The Morgan fingerprint density at radius 2 is 1.62 bits per heavy atom. The van der Waals surface area contributed by atoms with Crippen molar-refractivity contribution in [2.75, 3.05) is 5.43 Å². The lowest BCUT2D eigenvalue weighted by molar-refractivity contribution is -0.252. The van der Waals surface area contributed by atoms with Gasteiger partial charge >= 0.3 is 6.11 Å². The molecule has 0 aliphatic rings. The highest BCUT2D eigenvalue weighted by molar-refractivity contribution is 5.45. The van der Waals surface area contributed by atoms with Crippen LogP contribution in [-0.4, -0.2) is 11.8 Å². The number of ether oxygens (including phenoxy) is 1. The van der Waals surface area contributed by atoms with Crippen molar-refractivity contribution in [2.45, 2.75) is 25.6 Å². The van der Waals surface area contributed by atoms with E-state index in [0.29, 0.717) is 5.69 Å².